The fourth-order valence-corrected chi connectivity index (χ4v) is 4.77. The lowest BCUT2D eigenvalue weighted by molar-refractivity contribution is 0.0735. The Morgan fingerprint density at radius 3 is 2.77 bits per heavy atom. The van der Waals surface area contributed by atoms with Crippen LogP contribution in [0.1, 0.15) is 89.8 Å². The fraction of sp³-hybridized carbons (Fsp3) is 0.500. The number of rotatable bonds is 5. The van der Waals surface area contributed by atoms with Crippen LogP contribution in [-0.2, 0) is 13.0 Å². The Labute approximate surface area is 183 Å². The van der Waals surface area contributed by atoms with Gasteiger partial charge in [0.1, 0.15) is 17.5 Å². The lowest BCUT2D eigenvalue weighted by Gasteiger charge is -2.24. The second-order valence-electron chi connectivity index (χ2n) is 8.51. The summed E-state index contributed by atoms with van der Waals surface area (Å²) in [5.41, 5.74) is 3.43. The maximum absolute atomic E-state index is 13.3. The molecule has 4 rings (SSSR count). The van der Waals surface area contributed by atoms with Gasteiger partial charge in [0.05, 0.1) is 11.6 Å². The van der Waals surface area contributed by atoms with Crippen LogP contribution in [0, 0.1) is 11.3 Å². The normalized spacial score (nSPS) is 18.9. The van der Waals surface area contributed by atoms with Crippen LogP contribution in [0.3, 0.4) is 0 Å². The molecule has 0 bridgehead atoms. The van der Waals surface area contributed by atoms with Crippen molar-refractivity contribution in [1.82, 2.24) is 19.8 Å². The second kappa shape index (κ2) is 8.93. The summed E-state index contributed by atoms with van der Waals surface area (Å²) in [7, 11) is 0. The van der Waals surface area contributed by atoms with Crippen molar-refractivity contribution in [3.8, 4) is 6.07 Å². The molecule has 0 unspecified atom stereocenters. The minimum Gasteiger partial charge on any atom is -0.345 e. The number of nitriles is 1. The maximum Gasteiger partial charge on any atom is 0.270 e. The van der Waals surface area contributed by atoms with Crippen molar-refractivity contribution in [2.24, 2.45) is 0 Å². The number of aromatic nitrogens is 2. The van der Waals surface area contributed by atoms with E-state index in [0.29, 0.717) is 23.4 Å². The molecule has 31 heavy (non-hydrogen) atoms. The number of carbonyl (C=O) groups is 2. The monoisotopic (exact) mass is 419 g/mol. The zero-order valence-electron chi connectivity index (χ0n) is 18.2. The van der Waals surface area contributed by atoms with E-state index >= 15 is 0 Å². The van der Waals surface area contributed by atoms with Gasteiger partial charge in [0.2, 0.25) is 0 Å². The molecule has 1 fully saturated rings. The van der Waals surface area contributed by atoms with Crippen molar-refractivity contribution in [2.45, 2.75) is 71.0 Å². The topological polar surface area (TPSA) is 91.0 Å². The van der Waals surface area contributed by atoms with Gasteiger partial charge in [-0.1, -0.05) is 13.0 Å². The van der Waals surface area contributed by atoms with Gasteiger partial charge in [-0.2, -0.15) is 5.26 Å². The van der Waals surface area contributed by atoms with Gasteiger partial charge < -0.3 is 14.8 Å². The summed E-state index contributed by atoms with van der Waals surface area (Å²) in [5.74, 6) is -0.120. The van der Waals surface area contributed by atoms with Crippen LogP contribution in [0.5, 0.6) is 0 Å². The number of amides is 2. The standard InChI is InChI=1S/C24H29N5O2/c1-3-20(17-9-10-18(14-25)26-15-17)27-23(30)19-13-22(29-11-5-4-8-21(19)29)24(31)28-12-6-7-16(28)2/h9-10,13,15-16,20H,3-8,11-12H2,1-2H3,(H,27,30)/t16-,20+/m0/s1. The summed E-state index contributed by atoms with van der Waals surface area (Å²) in [5, 5.41) is 12.1. The van der Waals surface area contributed by atoms with Gasteiger partial charge >= 0.3 is 0 Å². The van der Waals surface area contributed by atoms with E-state index in [9.17, 15) is 9.59 Å². The first-order valence-corrected chi connectivity index (χ1v) is 11.2. The van der Waals surface area contributed by atoms with Crippen LogP contribution in [0.2, 0.25) is 0 Å². The maximum atomic E-state index is 13.3. The molecule has 0 radical (unpaired) electrons. The molecule has 7 heteroatoms. The highest BCUT2D eigenvalue weighted by Gasteiger charge is 2.32. The first kappa shape index (κ1) is 21.1. The molecule has 7 nitrogen and oxygen atoms in total. The Bertz CT molecular complexity index is 1020. The van der Waals surface area contributed by atoms with Crippen molar-refractivity contribution >= 4 is 11.8 Å². The van der Waals surface area contributed by atoms with Crippen molar-refractivity contribution in [3.05, 3.63) is 52.6 Å². The molecule has 1 N–H and O–H groups in total. The van der Waals surface area contributed by atoms with Crippen LogP contribution in [-0.4, -0.2) is 38.9 Å². The summed E-state index contributed by atoms with van der Waals surface area (Å²) in [6.07, 6.45) is 7.26. The molecule has 0 aliphatic carbocycles. The van der Waals surface area contributed by atoms with E-state index in [-0.39, 0.29) is 23.9 Å². The smallest absolute Gasteiger partial charge is 0.270 e. The molecule has 4 heterocycles. The summed E-state index contributed by atoms with van der Waals surface area (Å²) in [6, 6.07) is 7.35. The Kier molecular flexibility index (Phi) is 6.08. The Morgan fingerprint density at radius 1 is 1.29 bits per heavy atom. The molecule has 2 aromatic rings. The van der Waals surface area contributed by atoms with Crippen LogP contribution in [0.15, 0.2) is 24.4 Å². The third-order valence-electron chi connectivity index (χ3n) is 6.55. The quantitative estimate of drug-likeness (QED) is 0.802. The van der Waals surface area contributed by atoms with E-state index < -0.39 is 0 Å². The van der Waals surface area contributed by atoms with Crippen LogP contribution in [0.4, 0.5) is 0 Å². The highest BCUT2D eigenvalue weighted by Crippen LogP contribution is 2.28. The Hall–Kier alpha value is -3.14. The fourth-order valence-electron chi connectivity index (χ4n) is 4.77. The predicted molar refractivity (Wildman–Crippen MR) is 117 cm³/mol. The molecular formula is C24H29N5O2. The minimum atomic E-state index is -0.204. The molecular weight excluding hydrogens is 390 g/mol. The number of pyridine rings is 1. The van der Waals surface area contributed by atoms with Gasteiger partial charge in [-0.3, -0.25) is 9.59 Å². The van der Waals surface area contributed by atoms with Crippen molar-refractivity contribution < 1.29 is 9.59 Å². The van der Waals surface area contributed by atoms with E-state index in [0.717, 1.165) is 56.5 Å². The van der Waals surface area contributed by atoms with Gasteiger partial charge in [0.25, 0.3) is 11.8 Å². The van der Waals surface area contributed by atoms with Gasteiger partial charge in [0, 0.05) is 31.0 Å². The third-order valence-corrected chi connectivity index (χ3v) is 6.55. The Morgan fingerprint density at radius 2 is 2.13 bits per heavy atom. The van der Waals surface area contributed by atoms with Crippen molar-refractivity contribution in [2.75, 3.05) is 6.54 Å². The van der Waals surface area contributed by atoms with Gasteiger partial charge in [-0.25, -0.2) is 4.98 Å². The number of fused-ring (bicyclic) bond motifs is 1. The lowest BCUT2D eigenvalue weighted by Crippen LogP contribution is -2.35. The summed E-state index contributed by atoms with van der Waals surface area (Å²) >= 11 is 0. The van der Waals surface area contributed by atoms with E-state index in [4.69, 9.17) is 5.26 Å². The zero-order chi connectivity index (χ0) is 22.0. The largest absolute Gasteiger partial charge is 0.345 e. The number of carbonyl (C=O) groups excluding carboxylic acids is 2. The van der Waals surface area contributed by atoms with Crippen molar-refractivity contribution in [3.63, 3.8) is 0 Å². The SMILES string of the molecule is CC[C@@H](NC(=O)c1cc(C(=O)N2CCC[C@@H]2C)n2c1CCCC2)c1ccc(C#N)nc1. The van der Waals surface area contributed by atoms with E-state index in [2.05, 4.69) is 21.8 Å². The van der Waals surface area contributed by atoms with Crippen LogP contribution in [0.25, 0.3) is 0 Å². The first-order chi connectivity index (χ1) is 15.0. The molecule has 2 aliphatic rings. The number of likely N-dealkylation sites (tertiary alicyclic amines) is 1. The highest BCUT2D eigenvalue weighted by atomic mass is 16.2. The predicted octanol–water partition coefficient (Wildman–Crippen LogP) is 3.60. The molecule has 0 spiro atoms. The number of hydrogen-bond acceptors (Lipinski definition) is 4. The van der Waals surface area contributed by atoms with E-state index in [1.165, 1.54) is 0 Å². The number of nitrogens with one attached hydrogen (secondary N) is 1. The molecule has 162 valence electrons. The van der Waals surface area contributed by atoms with Gasteiger partial charge in [0.15, 0.2) is 0 Å². The minimum absolute atomic E-state index is 0.0375. The molecule has 2 atom stereocenters. The summed E-state index contributed by atoms with van der Waals surface area (Å²) < 4.78 is 2.07. The van der Waals surface area contributed by atoms with E-state index in [1.807, 2.05) is 24.0 Å². The second-order valence-corrected chi connectivity index (χ2v) is 8.51. The zero-order valence-corrected chi connectivity index (χ0v) is 18.2. The third kappa shape index (κ3) is 4.07. The molecule has 1 saturated heterocycles. The Balaban J connectivity index is 1.60. The van der Waals surface area contributed by atoms with Crippen LogP contribution >= 0.6 is 0 Å². The number of hydrogen-bond donors (Lipinski definition) is 1. The molecule has 0 aromatic carbocycles. The van der Waals surface area contributed by atoms with Crippen molar-refractivity contribution in [1.29, 1.82) is 5.26 Å². The highest BCUT2D eigenvalue weighted by molar-refractivity contribution is 6.01. The molecule has 2 amide bonds. The molecule has 2 aromatic heterocycles. The molecule has 0 saturated carbocycles. The van der Waals surface area contributed by atoms with E-state index in [1.54, 1.807) is 18.3 Å². The summed E-state index contributed by atoms with van der Waals surface area (Å²) in [4.78, 5) is 32.6. The lowest BCUT2D eigenvalue weighted by atomic mass is 10.0. The van der Waals surface area contributed by atoms with Gasteiger partial charge in [-0.05, 0) is 63.1 Å². The number of nitrogens with zero attached hydrogens (tertiary/aromatic N) is 4. The van der Waals surface area contributed by atoms with Gasteiger partial charge in [-0.15, -0.1) is 0 Å². The summed E-state index contributed by atoms with van der Waals surface area (Å²) in [6.45, 7) is 5.66. The average molecular weight is 420 g/mol. The first-order valence-electron chi connectivity index (χ1n) is 11.2. The molecule has 2 aliphatic heterocycles. The average Bonchev–Trinajstić information content (AvgIpc) is 3.41. The van der Waals surface area contributed by atoms with Crippen LogP contribution < -0.4 is 5.32 Å².